The molecular weight excluding hydrogens is 186 g/mol. The standard InChI is InChI=1S/C12H19N3/c1-15-9-11(8-14-15)3-2-10-4-6-12(13)7-5-10/h2,8-9,12H,3-7,13H2,1H3. The zero-order valence-corrected chi connectivity index (χ0v) is 9.32. The van der Waals surface area contributed by atoms with E-state index in [1.807, 2.05) is 17.9 Å². The maximum absolute atomic E-state index is 5.87. The lowest BCUT2D eigenvalue weighted by molar-refractivity contribution is 0.510. The fourth-order valence-corrected chi connectivity index (χ4v) is 2.05. The Balaban J connectivity index is 1.89. The van der Waals surface area contributed by atoms with Crippen molar-refractivity contribution in [3.05, 3.63) is 29.6 Å². The molecule has 0 bridgehead atoms. The first kappa shape index (κ1) is 10.4. The summed E-state index contributed by atoms with van der Waals surface area (Å²) in [6.45, 7) is 0. The number of aromatic nitrogens is 2. The first-order valence-corrected chi connectivity index (χ1v) is 5.65. The van der Waals surface area contributed by atoms with Gasteiger partial charge in [-0.25, -0.2) is 0 Å². The second-order valence-corrected chi connectivity index (χ2v) is 4.43. The molecule has 1 saturated carbocycles. The van der Waals surface area contributed by atoms with Gasteiger partial charge in [-0.3, -0.25) is 4.68 Å². The molecule has 0 aliphatic heterocycles. The minimum absolute atomic E-state index is 0.431. The Kier molecular flexibility index (Phi) is 3.21. The van der Waals surface area contributed by atoms with Gasteiger partial charge in [-0.05, 0) is 37.7 Å². The number of hydrogen-bond donors (Lipinski definition) is 1. The van der Waals surface area contributed by atoms with E-state index in [0.29, 0.717) is 6.04 Å². The largest absolute Gasteiger partial charge is 0.328 e. The average Bonchev–Trinajstić information content (AvgIpc) is 2.64. The smallest absolute Gasteiger partial charge is 0.0524 e. The Hall–Kier alpha value is -1.09. The van der Waals surface area contributed by atoms with Gasteiger partial charge in [0.1, 0.15) is 0 Å². The van der Waals surface area contributed by atoms with Gasteiger partial charge in [0, 0.05) is 19.3 Å². The molecule has 1 aromatic rings. The van der Waals surface area contributed by atoms with Gasteiger partial charge in [0.05, 0.1) is 6.20 Å². The molecule has 1 aliphatic rings. The lowest BCUT2D eigenvalue weighted by Crippen LogP contribution is -2.23. The molecule has 2 N–H and O–H groups in total. The maximum Gasteiger partial charge on any atom is 0.0524 e. The molecule has 3 heteroatoms. The van der Waals surface area contributed by atoms with E-state index in [1.54, 1.807) is 5.57 Å². The average molecular weight is 205 g/mol. The third-order valence-corrected chi connectivity index (χ3v) is 3.06. The van der Waals surface area contributed by atoms with Gasteiger partial charge >= 0.3 is 0 Å². The molecule has 0 aromatic carbocycles. The summed E-state index contributed by atoms with van der Waals surface area (Å²) in [6, 6.07) is 0.431. The third kappa shape index (κ3) is 2.93. The van der Waals surface area contributed by atoms with Crippen LogP contribution in [0.1, 0.15) is 31.2 Å². The van der Waals surface area contributed by atoms with E-state index in [2.05, 4.69) is 17.4 Å². The fourth-order valence-electron chi connectivity index (χ4n) is 2.05. The summed E-state index contributed by atoms with van der Waals surface area (Å²) in [5, 5.41) is 4.16. The van der Waals surface area contributed by atoms with Crippen LogP contribution in [0.2, 0.25) is 0 Å². The van der Waals surface area contributed by atoms with Crippen molar-refractivity contribution in [2.75, 3.05) is 0 Å². The fraction of sp³-hybridized carbons (Fsp3) is 0.583. The van der Waals surface area contributed by atoms with Crippen molar-refractivity contribution in [3.8, 4) is 0 Å². The molecule has 82 valence electrons. The van der Waals surface area contributed by atoms with E-state index in [-0.39, 0.29) is 0 Å². The van der Waals surface area contributed by atoms with Crippen LogP contribution in [0.5, 0.6) is 0 Å². The molecule has 0 saturated heterocycles. The van der Waals surface area contributed by atoms with Gasteiger partial charge in [-0.1, -0.05) is 11.6 Å². The Morgan fingerprint density at radius 2 is 2.27 bits per heavy atom. The van der Waals surface area contributed by atoms with Crippen molar-refractivity contribution < 1.29 is 0 Å². The second-order valence-electron chi connectivity index (χ2n) is 4.43. The highest BCUT2D eigenvalue weighted by atomic mass is 15.2. The molecule has 2 rings (SSSR count). The minimum atomic E-state index is 0.431. The Bertz CT molecular complexity index is 342. The van der Waals surface area contributed by atoms with Crippen molar-refractivity contribution >= 4 is 0 Å². The zero-order valence-electron chi connectivity index (χ0n) is 9.32. The maximum atomic E-state index is 5.87. The van der Waals surface area contributed by atoms with Crippen LogP contribution in [-0.4, -0.2) is 15.8 Å². The van der Waals surface area contributed by atoms with Crippen LogP contribution in [0.4, 0.5) is 0 Å². The predicted octanol–water partition coefficient (Wildman–Crippen LogP) is 1.79. The van der Waals surface area contributed by atoms with Crippen molar-refractivity contribution in [3.63, 3.8) is 0 Å². The Morgan fingerprint density at radius 3 is 2.87 bits per heavy atom. The van der Waals surface area contributed by atoms with E-state index < -0.39 is 0 Å². The summed E-state index contributed by atoms with van der Waals surface area (Å²) in [5.74, 6) is 0. The highest BCUT2D eigenvalue weighted by Gasteiger charge is 2.11. The van der Waals surface area contributed by atoms with Gasteiger partial charge in [0.25, 0.3) is 0 Å². The van der Waals surface area contributed by atoms with Crippen LogP contribution in [0.25, 0.3) is 0 Å². The monoisotopic (exact) mass is 205 g/mol. The van der Waals surface area contributed by atoms with E-state index in [1.165, 1.54) is 18.4 Å². The summed E-state index contributed by atoms with van der Waals surface area (Å²) in [4.78, 5) is 0. The molecule has 0 atom stereocenters. The molecule has 1 aliphatic carbocycles. The van der Waals surface area contributed by atoms with Crippen LogP contribution < -0.4 is 5.73 Å². The van der Waals surface area contributed by atoms with Crippen molar-refractivity contribution in [2.45, 2.75) is 38.1 Å². The van der Waals surface area contributed by atoms with Crippen LogP contribution in [0.3, 0.4) is 0 Å². The third-order valence-electron chi connectivity index (χ3n) is 3.06. The lowest BCUT2D eigenvalue weighted by atomic mass is 9.90. The van der Waals surface area contributed by atoms with Gasteiger partial charge in [-0.15, -0.1) is 0 Å². The molecule has 1 heterocycles. The van der Waals surface area contributed by atoms with Crippen LogP contribution in [0.15, 0.2) is 24.0 Å². The quantitative estimate of drug-likeness (QED) is 0.748. The highest BCUT2D eigenvalue weighted by molar-refractivity contribution is 5.14. The topological polar surface area (TPSA) is 43.8 Å². The molecular formula is C12H19N3. The van der Waals surface area contributed by atoms with Crippen molar-refractivity contribution in [2.24, 2.45) is 12.8 Å². The molecule has 0 spiro atoms. The molecule has 1 fully saturated rings. The Labute approximate surface area is 91.0 Å². The molecule has 0 unspecified atom stereocenters. The number of nitrogens with zero attached hydrogens (tertiary/aromatic N) is 2. The molecule has 0 amide bonds. The summed E-state index contributed by atoms with van der Waals surface area (Å²) < 4.78 is 1.85. The molecule has 1 aromatic heterocycles. The van der Waals surface area contributed by atoms with Gasteiger partial charge in [0.2, 0.25) is 0 Å². The van der Waals surface area contributed by atoms with E-state index in [9.17, 15) is 0 Å². The van der Waals surface area contributed by atoms with Crippen LogP contribution in [-0.2, 0) is 13.5 Å². The number of allylic oxidation sites excluding steroid dienone is 2. The van der Waals surface area contributed by atoms with Crippen molar-refractivity contribution in [1.29, 1.82) is 0 Å². The molecule has 15 heavy (non-hydrogen) atoms. The van der Waals surface area contributed by atoms with Gasteiger partial charge in [0.15, 0.2) is 0 Å². The van der Waals surface area contributed by atoms with Gasteiger partial charge < -0.3 is 5.73 Å². The summed E-state index contributed by atoms with van der Waals surface area (Å²) >= 11 is 0. The summed E-state index contributed by atoms with van der Waals surface area (Å²) in [6.07, 6.45) is 12.0. The molecule has 0 radical (unpaired) electrons. The van der Waals surface area contributed by atoms with E-state index in [4.69, 9.17) is 5.73 Å². The number of nitrogens with two attached hydrogens (primary N) is 1. The minimum Gasteiger partial charge on any atom is -0.328 e. The summed E-state index contributed by atoms with van der Waals surface area (Å²) in [7, 11) is 1.95. The van der Waals surface area contributed by atoms with Gasteiger partial charge in [-0.2, -0.15) is 5.10 Å². The second kappa shape index (κ2) is 4.62. The number of aryl methyl sites for hydroxylation is 1. The predicted molar refractivity (Wildman–Crippen MR) is 61.4 cm³/mol. The van der Waals surface area contributed by atoms with E-state index >= 15 is 0 Å². The highest BCUT2D eigenvalue weighted by Crippen LogP contribution is 2.22. The first-order chi connectivity index (χ1) is 7.24. The normalized spacial score (nSPS) is 21.7. The van der Waals surface area contributed by atoms with Crippen molar-refractivity contribution in [1.82, 2.24) is 9.78 Å². The Morgan fingerprint density at radius 1 is 1.53 bits per heavy atom. The lowest BCUT2D eigenvalue weighted by Gasteiger charge is -2.19. The summed E-state index contributed by atoms with van der Waals surface area (Å²) in [5.41, 5.74) is 8.73. The van der Waals surface area contributed by atoms with E-state index in [0.717, 1.165) is 19.3 Å². The number of rotatable bonds is 2. The number of hydrogen-bond acceptors (Lipinski definition) is 2. The zero-order chi connectivity index (χ0) is 10.7. The first-order valence-electron chi connectivity index (χ1n) is 5.65. The SMILES string of the molecule is Cn1cc(CC=C2CCC(N)CC2)cn1. The molecule has 3 nitrogen and oxygen atoms in total. The van der Waals surface area contributed by atoms with Crippen LogP contribution >= 0.6 is 0 Å². The van der Waals surface area contributed by atoms with Crippen LogP contribution in [0, 0.1) is 0 Å².